The van der Waals surface area contributed by atoms with E-state index in [-0.39, 0.29) is 29.8 Å². The second-order valence-electron chi connectivity index (χ2n) is 7.53. The maximum atomic E-state index is 13.4. The minimum absolute atomic E-state index is 0.0653. The largest absolute Gasteiger partial charge is 0.488 e. The van der Waals surface area contributed by atoms with E-state index in [4.69, 9.17) is 9.47 Å². The Balaban J connectivity index is 1.51. The average Bonchev–Trinajstić information content (AvgIpc) is 3.62. The zero-order valence-electron chi connectivity index (χ0n) is 17.1. The fourth-order valence-electron chi connectivity index (χ4n) is 3.09. The highest BCUT2D eigenvalue weighted by Gasteiger charge is 2.31. The average molecular weight is 437 g/mol. The maximum Gasteiger partial charge on any atom is 0.343 e. The Hall–Kier alpha value is -3.74. The fourth-order valence-corrected chi connectivity index (χ4v) is 3.09. The molecule has 0 heterocycles. The second-order valence-corrected chi connectivity index (χ2v) is 7.53. The number of hydrogen-bond acceptors (Lipinski definition) is 4. The van der Waals surface area contributed by atoms with Crippen LogP contribution in [0, 0.1) is 11.6 Å². The summed E-state index contributed by atoms with van der Waals surface area (Å²) < 4.78 is 37.8. The topological polar surface area (TPSA) is 64.6 Å². The van der Waals surface area contributed by atoms with Gasteiger partial charge in [-0.1, -0.05) is 36.4 Å². The van der Waals surface area contributed by atoms with E-state index in [1.807, 2.05) is 0 Å². The Morgan fingerprint density at radius 3 is 2.19 bits per heavy atom. The van der Waals surface area contributed by atoms with Crippen molar-refractivity contribution in [3.8, 4) is 5.75 Å². The van der Waals surface area contributed by atoms with Gasteiger partial charge >= 0.3 is 5.97 Å². The number of carbonyl (C=O) groups excluding carboxylic acids is 2. The standard InChI is InChI=1S/C25H21F2NO4/c26-18-9-5-16(6-10-18)15-31-22-4-2-1-3-21(22)25(30)32-23(24(29)28-20-13-14-20)17-7-11-19(27)12-8-17/h1-12,20,23H,13-15H2,(H,28,29). The highest BCUT2D eigenvalue weighted by atomic mass is 19.1. The van der Waals surface area contributed by atoms with Crippen LogP contribution in [0.25, 0.3) is 0 Å². The van der Waals surface area contributed by atoms with Crippen LogP contribution in [0.15, 0.2) is 72.8 Å². The molecule has 0 bridgehead atoms. The van der Waals surface area contributed by atoms with Crippen molar-refractivity contribution < 1.29 is 27.8 Å². The first-order valence-electron chi connectivity index (χ1n) is 10.2. The number of esters is 1. The molecule has 0 radical (unpaired) electrons. The summed E-state index contributed by atoms with van der Waals surface area (Å²) in [6.07, 6.45) is 0.514. The van der Waals surface area contributed by atoms with Crippen molar-refractivity contribution in [3.05, 3.63) is 101 Å². The molecule has 1 aliphatic carbocycles. The summed E-state index contributed by atoms with van der Waals surface area (Å²) in [5.74, 6) is -1.76. The van der Waals surface area contributed by atoms with Crippen LogP contribution < -0.4 is 10.1 Å². The van der Waals surface area contributed by atoms with Gasteiger partial charge in [0.1, 0.15) is 29.6 Å². The number of amides is 1. The number of rotatable bonds is 8. The minimum atomic E-state index is -1.23. The van der Waals surface area contributed by atoms with Crippen LogP contribution in [0.2, 0.25) is 0 Å². The molecule has 7 heteroatoms. The van der Waals surface area contributed by atoms with Gasteiger partial charge in [-0.2, -0.15) is 0 Å². The molecule has 0 saturated heterocycles. The normalized spacial score (nSPS) is 13.8. The number of nitrogens with one attached hydrogen (secondary N) is 1. The van der Waals surface area contributed by atoms with Crippen molar-refractivity contribution in [2.75, 3.05) is 0 Å². The second kappa shape index (κ2) is 9.60. The molecule has 0 aliphatic heterocycles. The van der Waals surface area contributed by atoms with Crippen LogP contribution in [0.1, 0.15) is 40.4 Å². The molecule has 5 nitrogen and oxygen atoms in total. The third kappa shape index (κ3) is 5.49. The Kier molecular flexibility index (Phi) is 6.44. The summed E-state index contributed by atoms with van der Waals surface area (Å²) in [5.41, 5.74) is 1.23. The van der Waals surface area contributed by atoms with Crippen LogP contribution in [0.3, 0.4) is 0 Å². The molecule has 0 spiro atoms. The lowest BCUT2D eigenvalue weighted by molar-refractivity contribution is -0.130. The predicted octanol–water partition coefficient (Wildman–Crippen LogP) is 4.72. The Labute approximate surface area is 184 Å². The van der Waals surface area contributed by atoms with Crippen LogP contribution in [0.5, 0.6) is 5.75 Å². The van der Waals surface area contributed by atoms with Gasteiger partial charge in [-0.25, -0.2) is 13.6 Å². The van der Waals surface area contributed by atoms with E-state index in [1.165, 1.54) is 42.5 Å². The summed E-state index contributed by atoms with van der Waals surface area (Å²) in [6, 6.07) is 17.6. The van der Waals surface area contributed by atoms with Gasteiger partial charge in [-0.05, 0) is 54.8 Å². The van der Waals surface area contributed by atoms with Crippen molar-refractivity contribution in [2.24, 2.45) is 0 Å². The van der Waals surface area contributed by atoms with Gasteiger partial charge in [-0.15, -0.1) is 0 Å². The van der Waals surface area contributed by atoms with E-state index < -0.39 is 23.8 Å². The highest BCUT2D eigenvalue weighted by Crippen LogP contribution is 2.27. The predicted molar refractivity (Wildman–Crippen MR) is 113 cm³/mol. The molecule has 1 aliphatic rings. The van der Waals surface area contributed by atoms with Gasteiger partial charge in [0.15, 0.2) is 0 Å². The molecule has 1 amide bonds. The molecule has 1 saturated carbocycles. The van der Waals surface area contributed by atoms with Crippen molar-refractivity contribution in [2.45, 2.75) is 31.6 Å². The minimum Gasteiger partial charge on any atom is -0.488 e. The SMILES string of the molecule is O=C(OC(C(=O)NC1CC1)c1ccc(F)cc1)c1ccccc1OCc1ccc(F)cc1. The monoisotopic (exact) mass is 437 g/mol. The van der Waals surface area contributed by atoms with Gasteiger partial charge in [0.2, 0.25) is 6.10 Å². The van der Waals surface area contributed by atoms with Crippen LogP contribution >= 0.6 is 0 Å². The molecular formula is C25H21F2NO4. The van der Waals surface area contributed by atoms with Crippen molar-refractivity contribution >= 4 is 11.9 Å². The Morgan fingerprint density at radius 1 is 0.906 bits per heavy atom. The van der Waals surface area contributed by atoms with E-state index in [1.54, 1.807) is 30.3 Å². The van der Waals surface area contributed by atoms with Crippen molar-refractivity contribution in [3.63, 3.8) is 0 Å². The van der Waals surface area contributed by atoms with E-state index in [9.17, 15) is 18.4 Å². The highest BCUT2D eigenvalue weighted by molar-refractivity contribution is 5.95. The van der Waals surface area contributed by atoms with Crippen molar-refractivity contribution in [1.29, 1.82) is 0 Å². The molecular weight excluding hydrogens is 416 g/mol. The van der Waals surface area contributed by atoms with E-state index in [2.05, 4.69) is 5.32 Å². The zero-order valence-corrected chi connectivity index (χ0v) is 17.1. The third-order valence-electron chi connectivity index (χ3n) is 4.97. The first-order chi connectivity index (χ1) is 15.5. The number of para-hydroxylation sites is 1. The quantitative estimate of drug-likeness (QED) is 0.518. The van der Waals surface area contributed by atoms with Gasteiger partial charge in [0.05, 0.1) is 0 Å². The van der Waals surface area contributed by atoms with Gasteiger partial charge in [0, 0.05) is 11.6 Å². The van der Waals surface area contributed by atoms with Crippen LogP contribution in [-0.4, -0.2) is 17.9 Å². The molecule has 0 aromatic heterocycles. The molecule has 164 valence electrons. The lowest BCUT2D eigenvalue weighted by Crippen LogP contribution is -2.33. The Morgan fingerprint density at radius 2 is 1.53 bits per heavy atom. The number of benzene rings is 3. The zero-order chi connectivity index (χ0) is 22.5. The summed E-state index contributed by atoms with van der Waals surface area (Å²) in [7, 11) is 0. The molecule has 1 atom stereocenters. The number of ether oxygens (including phenoxy) is 2. The first-order valence-corrected chi connectivity index (χ1v) is 10.2. The lowest BCUT2D eigenvalue weighted by Gasteiger charge is -2.19. The smallest absolute Gasteiger partial charge is 0.343 e. The van der Waals surface area contributed by atoms with E-state index in [0.29, 0.717) is 5.56 Å². The number of carbonyl (C=O) groups is 2. The maximum absolute atomic E-state index is 13.4. The van der Waals surface area contributed by atoms with Crippen LogP contribution in [0.4, 0.5) is 8.78 Å². The summed E-state index contributed by atoms with van der Waals surface area (Å²) in [6.45, 7) is 0.119. The first kappa shape index (κ1) is 21.5. The van der Waals surface area contributed by atoms with E-state index in [0.717, 1.165) is 18.4 Å². The third-order valence-corrected chi connectivity index (χ3v) is 4.97. The summed E-state index contributed by atoms with van der Waals surface area (Å²) in [4.78, 5) is 25.7. The van der Waals surface area contributed by atoms with Gasteiger partial charge in [-0.3, -0.25) is 4.79 Å². The fraction of sp³-hybridized carbons (Fsp3) is 0.200. The molecule has 32 heavy (non-hydrogen) atoms. The molecule has 3 aromatic rings. The molecule has 1 fully saturated rings. The number of hydrogen-bond donors (Lipinski definition) is 1. The summed E-state index contributed by atoms with van der Waals surface area (Å²) in [5, 5.41) is 2.82. The van der Waals surface area contributed by atoms with Gasteiger partial charge < -0.3 is 14.8 Å². The lowest BCUT2D eigenvalue weighted by atomic mass is 10.1. The Bertz CT molecular complexity index is 1100. The number of halogens is 2. The van der Waals surface area contributed by atoms with Crippen molar-refractivity contribution in [1.82, 2.24) is 5.32 Å². The van der Waals surface area contributed by atoms with Gasteiger partial charge in [0.25, 0.3) is 5.91 Å². The summed E-state index contributed by atoms with van der Waals surface area (Å²) >= 11 is 0. The van der Waals surface area contributed by atoms with Crippen LogP contribution in [-0.2, 0) is 16.1 Å². The van der Waals surface area contributed by atoms with E-state index >= 15 is 0 Å². The molecule has 1 N–H and O–H groups in total. The molecule has 4 rings (SSSR count). The molecule has 1 unspecified atom stereocenters. The molecule has 3 aromatic carbocycles.